The zero-order valence-corrected chi connectivity index (χ0v) is 17.2. The van der Waals surface area contributed by atoms with E-state index >= 15 is 0 Å². The number of hydrogen-bond donors (Lipinski definition) is 4. The third-order valence-corrected chi connectivity index (χ3v) is 5.40. The van der Waals surface area contributed by atoms with Gasteiger partial charge in [-0.15, -0.1) is 0 Å². The second kappa shape index (κ2) is 8.20. The van der Waals surface area contributed by atoms with Gasteiger partial charge in [-0.2, -0.15) is 0 Å². The number of aliphatic hydroxyl groups is 2. The van der Waals surface area contributed by atoms with E-state index in [0.29, 0.717) is 22.2 Å². The van der Waals surface area contributed by atoms with Crippen LogP contribution in [0.3, 0.4) is 0 Å². The zero-order chi connectivity index (χ0) is 21.4. The Hall–Kier alpha value is -1.70. The van der Waals surface area contributed by atoms with E-state index in [1.807, 2.05) is 21.1 Å². The molecule has 5 N–H and O–H groups in total. The lowest BCUT2D eigenvalue weighted by Gasteiger charge is -2.24. The molecule has 3 rings (SSSR count). The molecule has 3 heterocycles. The minimum atomic E-state index is -4.34. The maximum absolute atomic E-state index is 12.0. The van der Waals surface area contributed by atoms with Crippen LogP contribution in [-0.4, -0.2) is 98.3 Å². The maximum atomic E-state index is 12.0. The molecule has 14 heteroatoms. The van der Waals surface area contributed by atoms with Crippen LogP contribution in [0.5, 0.6) is 0 Å². The summed E-state index contributed by atoms with van der Waals surface area (Å²) in [6.45, 7) is 0.0470. The third-order valence-electron chi connectivity index (χ3n) is 4.42. The number of hydrogen-bond acceptors (Lipinski definition) is 10. The first kappa shape index (κ1) is 22.0. The lowest BCUT2D eigenvalue weighted by atomic mass is 10.1. The number of imidazole rings is 1. The molecule has 0 radical (unpaired) electrons. The molecule has 1 aliphatic rings. The van der Waals surface area contributed by atoms with Crippen LogP contribution < -0.4 is 5.73 Å². The molecule has 1 unspecified atom stereocenters. The summed E-state index contributed by atoms with van der Waals surface area (Å²) in [6.07, 6.45) is -2.25. The Morgan fingerprint density at radius 1 is 1.24 bits per heavy atom. The van der Waals surface area contributed by atoms with Crippen molar-refractivity contribution in [2.75, 3.05) is 46.6 Å². The second-order valence-corrected chi connectivity index (χ2v) is 9.19. The molecule has 13 nitrogen and oxygen atoms in total. The average Bonchev–Trinajstić information content (AvgIpc) is 3.15. The molecule has 162 valence electrons. The maximum Gasteiger partial charge on any atom is 0.472 e. The van der Waals surface area contributed by atoms with Gasteiger partial charge in [0.05, 0.1) is 34.1 Å². The van der Waals surface area contributed by atoms with Crippen molar-refractivity contribution in [1.29, 1.82) is 0 Å². The summed E-state index contributed by atoms with van der Waals surface area (Å²) in [5.74, 6) is 0.161. The van der Waals surface area contributed by atoms with Crippen molar-refractivity contribution in [3.05, 3.63) is 12.7 Å². The van der Waals surface area contributed by atoms with Gasteiger partial charge in [-0.25, -0.2) is 19.5 Å². The van der Waals surface area contributed by atoms with Crippen LogP contribution in [0, 0.1) is 0 Å². The summed E-state index contributed by atoms with van der Waals surface area (Å²) in [4.78, 5) is 21.8. The molecular weight excluding hydrogens is 407 g/mol. The van der Waals surface area contributed by atoms with E-state index in [1.165, 1.54) is 17.2 Å². The first-order valence-electron chi connectivity index (χ1n) is 8.85. The number of nitrogens with zero attached hydrogens (tertiary/aromatic N) is 5. The summed E-state index contributed by atoms with van der Waals surface area (Å²) < 4.78 is 29.5. The van der Waals surface area contributed by atoms with E-state index in [1.54, 1.807) is 0 Å². The minimum absolute atomic E-state index is 0.0127. The van der Waals surface area contributed by atoms with E-state index in [9.17, 15) is 19.7 Å². The van der Waals surface area contributed by atoms with Crippen LogP contribution >= 0.6 is 7.82 Å². The van der Waals surface area contributed by atoms with Crippen LogP contribution in [-0.2, 0) is 18.3 Å². The highest BCUT2D eigenvalue weighted by molar-refractivity contribution is 7.47. The van der Waals surface area contributed by atoms with Gasteiger partial charge in [0.2, 0.25) is 0 Å². The Balaban J connectivity index is 1.63. The SMILES string of the molecule is C[N+](C)(C)CCOP(=O)(O)OC[C@H]1O[C@@H](n2cnc3c(N)ncnc32)[C@H](O)[C@@H]1O. The minimum Gasteiger partial charge on any atom is -0.387 e. The standard InChI is InChI=1S/C15H25N6O7P/c1-21(2,3)4-5-26-29(24,25)27-6-9-11(22)12(23)15(28-9)20-8-19-10-13(16)17-7-18-14(10)20/h7-9,11-12,15,22-23H,4-6H2,1-3H3,(H2-,16,17,18,24,25)/p+1/t9-,11-,12-,15-/m1/s1. The van der Waals surface area contributed by atoms with E-state index in [2.05, 4.69) is 15.0 Å². The van der Waals surface area contributed by atoms with Crippen molar-refractivity contribution >= 4 is 24.8 Å². The molecule has 0 aliphatic carbocycles. The van der Waals surface area contributed by atoms with Gasteiger partial charge in [0.1, 0.15) is 43.3 Å². The molecule has 0 saturated carbocycles. The summed E-state index contributed by atoms with van der Waals surface area (Å²) in [7, 11) is 1.39. The fourth-order valence-corrected chi connectivity index (χ4v) is 3.51. The van der Waals surface area contributed by atoms with Crippen LogP contribution in [0.25, 0.3) is 11.2 Å². The molecule has 29 heavy (non-hydrogen) atoms. The van der Waals surface area contributed by atoms with E-state index < -0.39 is 39.0 Å². The van der Waals surface area contributed by atoms with Crippen molar-refractivity contribution in [3.63, 3.8) is 0 Å². The molecule has 1 fully saturated rings. The van der Waals surface area contributed by atoms with Gasteiger partial charge in [0, 0.05) is 0 Å². The molecule has 5 atom stereocenters. The van der Waals surface area contributed by atoms with Crippen LogP contribution in [0.2, 0.25) is 0 Å². The fraction of sp³-hybridized carbons (Fsp3) is 0.667. The van der Waals surface area contributed by atoms with E-state index in [4.69, 9.17) is 19.5 Å². The summed E-state index contributed by atoms with van der Waals surface area (Å²) >= 11 is 0. The number of phosphoric ester groups is 1. The van der Waals surface area contributed by atoms with Crippen molar-refractivity contribution in [3.8, 4) is 0 Å². The van der Waals surface area contributed by atoms with Crippen molar-refractivity contribution < 1.29 is 37.9 Å². The van der Waals surface area contributed by atoms with Gasteiger partial charge < -0.3 is 30.1 Å². The normalized spacial score (nSPS) is 27.4. The quantitative estimate of drug-likeness (QED) is 0.293. The zero-order valence-electron chi connectivity index (χ0n) is 16.3. The highest BCUT2D eigenvalue weighted by Gasteiger charge is 2.45. The number of nitrogen functional groups attached to an aromatic ring is 1. The predicted molar refractivity (Wildman–Crippen MR) is 100 cm³/mol. The number of aromatic nitrogens is 4. The molecule has 1 aliphatic heterocycles. The van der Waals surface area contributed by atoms with Crippen LogP contribution in [0.15, 0.2) is 12.7 Å². The lowest BCUT2D eigenvalue weighted by Crippen LogP contribution is -2.37. The monoisotopic (exact) mass is 433 g/mol. The van der Waals surface area contributed by atoms with Gasteiger partial charge in [-0.3, -0.25) is 13.6 Å². The van der Waals surface area contributed by atoms with Gasteiger partial charge in [-0.1, -0.05) is 0 Å². The molecule has 1 saturated heterocycles. The van der Waals surface area contributed by atoms with Crippen molar-refractivity contribution in [2.45, 2.75) is 24.5 Å². The molecule has 0 spiro atoms. The summed E-state index contributed by atoms with van der Waals surface area (Å²) in [5, 5.41) is 20.6. The predicted octanol–water partition coefficient (Wildman–Crippen LogP) is -1.13. The number of aliphatic hydroxyl groups excluding tert-OH is 2. The summed E-state index contributed by atoms with van der Waals surface area (Å²) in [6, 6.07) is 0. The Labute approximate surface area is 166 Å². The molecular formula is C15H26N6O7P+. The first-order chi connectivity index (χ1) is 13.5. The average molecular weight is 433 g/mol. The van der Waals surface area contributed by atoms with Crippen molar-refractivity contribution in [1.82, 2.24) is 19.5 Å². The van der Waals surface area contributed by atoms with Gasteiger partial charge in [0.15, 0.2) is 17.7 Å². The molecule has 0 bridgehead atoms. The van der Waals surface area contributed by atoms with Gasteiger partial charge in [-0.05, 0) is 0 Å². The van der Waals surface area contributed by atoms with Gasteiger partial charge in [0.25, 0.3) is 0 Å². The third kappa shape index (κ3) is 5.08. The number of phosphoric acid groups is 1. The fourth-order valence-electron chi connectivity index (χ4n) is 2.79. The van der Waals surface area contributed by atoms with Crippen LogP contribution in [0.4, 0.5) is 5.82 Å². The molecule has 2 aromatic heterocycles. The Bertz CT molecular complexity index is 903. The highest BCUT2D eigenvalue weighted by atomic mass is 31.2. The largest absolute Gasteiger partial charge is 0.472 e. The number of rotatable bonds is 8. The number of nitrogens with two attached hydrogens (primary N) is 1. The lowest BCUT2D eigenvalue weighted by molar-refractivity contribution is -0.870. The molecule has 2 aromatic rings. The topological polar surface area (TPSA) is 175 Å². The van der Waals surface area contributed by atoms with E-state index in [0.717, 1.165) is 0 Å². The number of likely N-dealkylation sites (N-methyl/N-ethyl adjacent to an activating group) is 1. The van der Waals surface area contributed by atoms with E-state index in [-0.39, 0.29) is 12.4 Å². The Kier molecular flexibility index (Phi) is 6.22. The number of ether oxygens (including phenoxy) is 1. The highest BCUT2D eigenvalue weighted by Crippen LogP contribution is 2.44. The second-order valence-electron chi connectivity index (χ2n) is 7.74. The summed E-state index contributed by atoms with van der Waals surface area (Å²) in [5.41, 5.74) is 6.38. The first-order valence-corrected chi connectivity index (χ1v) is 10.3. The number of anilines is 1. The van der Waals surface area contributed by atoms with Crippen molar-refractivity contribution in [2.24, 2.45) is 0 Å². The molecule has 0 aromatic carbocycles. The van der Waals surface area contributed by atoms with Gasteiger partial charge >= 0.3 is 7.82 Å². The van der Waals surface area contributed by atoms with Crippen LogP contribution in [0.1, 0.15) is 6.23 Å². The number of fused-ring (bicyclic) bond motifs is 1. The smallest absolute Gasteiger partial charge is 0.387 e. The Morgan fingerprint density at radius 2 is 1.97 bits per heavy atom. The molecule has 0 amide bonds. The Morgan fingerprint density at radius 3 is 2.66 bits per heavy atom. The number of quaternary nitrogens is 1.